The first-order valence-corrected chi connectivity index (χ1v) is 13.4. The normalized spacial score (nSPS) is 16.0. The molecule has 2 unspecified atom stereocenters. The summed E-state index contributed by atoms with van der Waals surface area (Å²) < 4.78 is 5.33. The fourth-order valence-corrected chi connectivity index (χ4v) is 4.57. The van der Waals surface area contributed by atoms with E-state index in [2.05, 4.69) is 17.6 Å². The smallest absolute Gasteiger partial charge is 0.408 e. The van der Waals surface area contributed by atoms with E-state index in [1.54, 1.807) is 50.8 Å². The average Bonchev–Trinajstić information content (AvgIpc) is 2.79. The summed E-state index contributed by atoms with van der Waals surface area (Å²) in [6, 6.07) is 4.75. The summed E-state index contributed by atoms with van der Waals surface area (Å²) in [6.45, 7) is 9.34. The van der Waals surface area contributed by atoms with Crippen molar-refractivity contribution in [3.8, 4) is 5.75 Å². The summed E-state index contributed by atoms with van der Waals surface area (Å²) in [5, 5.41) is 15.9. The zero-order chi connectivity index (χ0) is 26.7. The largest absolute Gasteiger partial charge is 0.508 e. The maximum Gasteiger partial charge on any atom is 0.408 e. The molecule has 0 spiro atoms. The molecular formula is C28H45N3O5. The molecule has 1 aromatic rings. The van der Waals surface area contributed by atoms with Gasteiger partial charge in [-0.2, -0.15) is 0 Å². The molecule has 8 heteroatoms. The minimum Gasteiger partial charge on any atom is -0.508 e. The Balaban J connectivity index is 2.34. The number of nitrogens with one attached hydrogen (secondary N) is 2. The number of phenols is 1. The summed E-state index contributed by atoms with van der Waals surface area (Å²) in [6.07, 6.45) is 8.17. The van der Waals surface area contributed by atoms with Crippen LogP contribution in [0.3, 0.4) is 0 Å². The topological polar surface area (TPSA) is 108 Å². The number of carbonyl (C=O) groups excluding carboxylic acids is 3. The van der Waals surface area contributed by atoms with Crippen molar-refractivity contribution in [2.24, 2.45) is 0 Å². The Morgan fingerprint density at radius 1 is 1.11 bits per heavy atom. The molecule has 0 bridgehead atoms. The third kappa shape index (κ3) is 9.70. The van der Waals surface area contributed by atoms with Crippen LogP contribution in [0.4, 0.5) is 4.79 Å². The molecule has 1 saturated carbocycles. The van der Waals surface area contributed by atoms with E-state index in [0.717, 1.165) is 57.8 Å². The number of ether oxygens (including phenoxy) is 1. The Morgan fingerprint density at radius 3 is 2.42 bits per heavy atom. The van der Waals surface area contributed by atoms with E-state index in [1.807, 2.05) is 0 Å². The third-order valence-electron chi connectivity index (χ3n) is 6.34. The quantitative estimate of drug-likeness (QED) is 0.360. The highest BCUT2D eigenvalue weighted by molar-refractivity contribution is 5.92. The number of rotatable bonds is 11. The van der Waals surface area contributed by atoms with Crippen LogP contribution in [0.25, 0.3) is 0 Å². The van der Waals surface area contributed by atoms with Gasteiger partial charge in [-0.05, 0) is 64.7 Å². The molecule has 0 aliphatic heterocycles. The first-order valence-electron chi connectivity index (χ1n) is 13.4. The van der Waals surface area contributed by atoms with Crippen molar-refractivity contribution in [2.45, 2.75) is 116 Å². The second kappa shape index (κ2) is 14.1. The first kappa shape index (κ1) is 29.5. The number of nitrogens with zero attached hydrogens (tertiary/aromatic N) is 1. The van der Waals surface area contributed by atoms with Crippen LogP contribution < -0.4 is 10.6 Å². The van der Waals surface area contributed by atoms with Gasteiger partial charge in [-0.1, -0.05) is 57.6 Å². The van der Waals surface area contributed by atoms with Gasteiger partial charge in [0.15, 0.2) is 0 Å². The highest BCUT2D eigenvalue weighted by Gasteiger charge is 2.35. The fraction of sp³-hybridized carbons (Fsp3) is 0.679. The second-order valence-electron chi connectivity index (χ2n) is 10.8. The number of hydrogen-bond acceptors (Lipinski definition) is 5. The molecule has 36 heavy (non-hydrogen) atoms. The van der Waals surface area contributed by atoms with E-state index in [4.69, 9.17) is 4.74 Å². The first-order chi connectivity index (χ1) is 17.0. The van der Waals surface area contributed by atoms with Crippen molar-refractivity contribution in [2.75, 3.05) is 6.54 Å². The lowest BCUT2D eigenvalue weighted by molar-refractivity contribution is -0.142. The maximum absolute atomic E-state index is 13.7. The number of phenolic OH excluding ortho intramolecular Hbond substituents is 1. The molecule has 1 aromatic carbocycles. The zero-order valence-corrected chi connectivity index (χ0v) is 22.6. The van der Waals surface area contributed by atoms with Gasteiger partial charge in [0.25, 0.3) is 0 Å². The molecule has 0 aromatic heterocycles. The predicted molar refractivity (Wildman–Crippen MR) is 141 cm³/mol. The van der Waals surface area contributed by atoms with Gasteiger partial charge in [-0.25, -0.2) is 4.79 Å². The van der Waals surface area contributed by atoms with Crippen LogP contribution in [-0.4, -0.2) is 52.1 Å². The Hall–Kier alpha value is -2.77. The number of aromatic hydroxyl groups is 1. The van der Waals surface area contributed by atoms with Crippen LogP contribution in [0.5, 0.6) is 5.75 Å². The van der Waals surface area contributed by atoms with E-state index < -0.39 is 23.8 Å². The standard InChI is InChI=1S/C28H45N3O5/c1-6-7-8-12-18-31(26(34)20(2)29-27(35)36-28(3,4)5)24(21-14-13-17-23(32)19-21)25(33)30-22-15-10-9-11-16-22/h13-14,17,19-20,22,24,32H,6-12,15-16,18H2,1-5H3,(H,29,35)(H,30,33). The molecule has 2 atom stereocenters. The molecule has 202 valence electrons. The van der Waals surface area contributed by atoms with Crippen molar-refractivity contribution in [3.05, 3.63) is 29.8 Å². The van der Waals surface area contributed by atoms with Gasteiger partial charge < -0.3 is 25.4 Å². The molecule has 2 rings (SSSR count). The Morgan fingerprint density at radius 2 is 1.81 bits per heavy atom. The molecular weight excluding hydrogens is 458 g/mol. The summed E-state index contributed by atoms with van der Waals surface area (Å²) in [4.78, 5) is 41.3. The summed E-state index contributed by atoms with van der Waals surface area (Å²) in [5.74, 6) is -0.605. The van der Waals surface area contributed by atoms with Gasteiger partial charge in [-0.3, -0.25) is 9.59 Å². The molecule has 0 saturated heterocycles. The van der Waals surface area contributed by atoms with E-state index in [9.17, 15) is 19.5 Å². The number of carbonyl (C=O) groups is 3. The predicted octanol–water partition coefficient (Wildman–Crippen LogP) is 5.20. The number of hydrogen-bond donors (Lipinski definition) is 3. The number of alkyl carbamates (subject to hydrolysis) is 1. The molecule has 8 nitrogen and oxygen atoms in total. The van der Waals surface area contributed by atoms with Gasteiger partial charge in [0.1, 0.15) is 23.4 Å². The van der Waals surface area contributed by atoms with Gasteiger partial charge in [0, 0.05) is 12.6 Å². The molecule has 1 fully saturated rings. The lowest BCUT2D eigenvalue weighted by atomic mass is 9.94. The summed E-state index contributed by atoms with van der Waals surface area (Å²) in [7, 11) is 0. The molecule has 0 radical (unpaired) electrons. The third-order valence-corrected chi connectivity index (χ3v) is 6.34. The van der Waals surface area contributed by atoms with Crippen molar-refractivity contribution in [1.29, 1.82) is 0 Å². The van der Waals surface area contributed by atoms with Gasteiger partial charge >= 0.3 is 6.09 Å². The fourth-order valence-electron chi connectivity index (χ4n) is 4.57. The van der Waals surface area contributed by atoms with Crippen LogP contribution >= 0.6 is 0 Å². The summed E-state index contributed by atoms with van der Waals surface area (Å²) in [5.41, 5.74) is -0.159. The van der Waals surface area contributed by atoms with Crippen LogP contribution in [0.15, 0.2) is 24.3 Å². The lowest BCUT2D eigenvalue weighted by Crippen LogP contribution is -2.53. The van der Waals surface area contributed by atoms with Crippen LogP contribution in [-0.2, 0) is 14.3 Å². The molecule has 3 N–H and O–H groups in total. The lowest BCUT2D eigenvalue weighted by Gasteiger charge is -2.35. The second-order valence-corrected chi connectivity index (χ2v) is 10.8. The minimum absolute atomic E-state index is 0.0290. The minimum atomic E-state index is -0.920. The Labute approximate surface area is 216 Å². The van der Waals surface area contributed by atoms with E-state index in [1.165, 1.54) is 6.07 Å². The average molecular weight is 504 g/mol. The van der Waals surface area contributed by atoms with Crippen molar-refractivity contribution in [3.63, 3.8) is 0 Å². The van der Waals surface area contributed by atoms with Gasteiger partial charge in [-0.15, -0.1) is 0 Å². The van der Waals surface area contributed by atoms with Crippen LogP contribution in [0.2, 0.25) is 0 Å². The SMILES string of the molecule is CCCCCCN(C(=O)C(C)NC(=O)OC(C)(C)C)C(C(=O)NC1CCCCC1)c1cccc(O)c1. The monoisotopic (exact) mass is 503 g/mol. The molecule has 0 heterocycles. The summed E-state index contributed by atoms with van der Waals surface area (Å²) >= 11 is 0. The van der Waals surface area contributed by atoms with Crippen LogP contribution in [0, 0.1) is 0 Å². The zero-order valence-electron chi connectivity index (χ0n) is 22.6. The van der Waals surface area contributed by atoms with Gasteiger partial charge in [0.2, 0.25) is 11.8 Å². The van der Waals surface area contributed by atoms with E-state index >= 15 is 0 Å². The highest BCUT2D eigenvalue weighted by Crippen LogP contribution is 2.27. The van der Waals surface area contributed by atoms with Crippen molar-refractivity contribution >= 4 is 17.9 Å². The number of benzene rings is 1. The van der Waals surface area contributed by atoms with Crippen LogP contribution in [0.1, 0.15) is 104 Å². The van der Waals surface area contributed by atoms with Gasteiger partial charge in [0.05, 0.1) is 0 Å². The van der Waals surface area contributed by atoms with Crippen molar-refractivity contribution in [1.82, 2.24) is 15.5 Å². The Kier molecular flexibility index (Phi) is 11.5. The highest BCUT2D eigenvalue weighted by atomic mass is 16.6. The van der Waals surface area contributed by atoms with E-state index in [0.29, 0.717) is 12.1 Å². The Bertz CT molecular complexity index is 861. The number of amides is 3. The number of unbranched alkanes of at least 4 members (excludes halogenated alkanes) is 3. The van der Waals surface area contributed by atoms with Crippen molar-refractivity contribution < 1.29 is 24.2 Å². The molecule has 3 amide bonds. The van der Waals surface area contributed by atoms with E-state index in [-0.39, 0.29) is 23.6 Å². The molecule has 1 aliphatic rings. The molecule has 1 aliphatic carbocycles. The maximum atomic E-state index is 13.7.